The number of aromatic nitrogens is 4. The van der Waals surface area contributed by atoms with Gasteiger partial charge in [0.2, 0.25) is 0 Å². The van der Waals surface area contributed by atoms with Crippen molar-refractivity contribution in [3.8, 4) is 11.5 Å². The van der Waals surface area contributed by atoms with Crippen molar-refractivity contribution < 1.29 is 51.4 Å². The molecule has 21 heteroatoms. The van der Waals surface area contributed by atoms with Crippen molar-refractivity contribution in [3.05, 3.63) is 221 Å². The van der Waals surface area contributed by atoms with Crippen molar-refractivity contribution in [3.63, 3.8) is 0 Å². The predicted molar refractivity (Wildman–Crippen MR) is 295 cm³/mol. The van der Waals surface area contributed by atoms with Gasteiger partial charge in [-0.1, -0.05) is 136 Å². The van der Waals surface area contributed by atoms with E-state index in [1.165, 1.54) is 23.9 Å². The normalized spacial score (nSPS) is 22.9. The first-order valence-corrected chi connectivity index (χ1v) is 29.2. The summed E-state index contributed by atoms with van der Waals surface area (Å²) in [5.41, 5.74) is -3.32. The van der Waals surface area contributed by atoms with Gasteiger partial charge in [-0.2, -0.15) is 0 Å². The molecule has 8 atom stereocenters. The molecule has 2 bridgehead atoms. The number of rotatable bonds is 19. The van der Waals surface area contributed by atoms with Gasteiger partial charge in [0, 0.05) is 29.9 Å². The van der Waals surface area contributed by atoms with Crippen molar-refractivity contribution in [2.75, 3.05) is 34.0 Å². The quantitative estimate of drug-likeness (QED) is 0.0470. The summed E-state index contributed by atoms with van der Waals surface area (Å²) in [4.78, 5) is 69.1. The van der Waals surface area contributed by atoms with Gasteiger partial charge < -0.3 is 37.7 Å². The standard InChI is InChI=1S/C58H63N4O15PSi/c1-37-32-61(54(65)59-51(37)63)48-31-46(77-79(56(3,4)5,44-19-13-9-14-20-44)45-21-15-10-16-22-45)47(74-48)34-73-78(67,68)76-50-49-53(62-33-38(2)52(64)60-55(62)66)75-57(50,35-71-49)36-72-58(39-17-11-8-12-18-39,40-23-27-42(69-6)28-24-40)41-25-29-43(70-7)30-26-41/h8-30,32-33,46-50,53H,31,34-36H2,1-7H3,(H,67,68)(H,59,63,65)(H,60,64,66)/t46-,47+,48+,49+,50-,53+,57+/m0/s1. The van der Waals surface area contributed by atoms with Crippen LogP contribution in [0.1, 0.15) is 67.5 Å². The highest BCUT2D eigenvalue weighted by atomic mass is 31.2. The molecule has 0 amide bonds. The van der Waals surface area contributed by atoms with E-state index >= 15 is 0 Å². The van der Waals surface area contributed by atoms with Crippen molar-refractivity contribution >= 4 is 26.5 Å². The molecule has 19 nitrogen and oxygen atoms in total. The number of H-pyrrole nitrogens is 2. The largest absolute Gasteiger partial charge is 0.497 e. The predicted octanol–water partition coefficient (Wildman–Crippen LogP) is 6.13. The van der Waals surface area contributed by atoms with Crippen LogP contribution in [0.15, 0.2) is 171 Å². The number of phosphoric ester groups is 1. The van der Waals surface area contributed by atoms with Crippen LogP contribution < -0.4 is 42.3 Å². The van der Waals surface area contributed by atoms with E-state index in [-0.39, 0.29) is 30.8 Å². The van der Waals surface area contributed by atoms with E-state index in [1.807, 2.05) is 140 Å². The number of nitrogens with zero attached hydrogens (tertiary/aromatic N) is 2. The number of benzene rings is 5. The zero-order chi connectivity index (χ0) is 55.9. The van der Waals surface area contributed by atoms with E-state index in [0.29, 0.717) is 28.2 Å². The molecule has 1 unspecified atom stereocenters. The molecule has 5 heterocycles. The summed E-state index contributed by atoms with van der Waals surface area (Å²) in [6.45, 7) is 8.23. The maximum atomic E-state index is 14.9. The van der Waals surface area contributed by atoms with Crippen LogP contribution in [-0.4, -0.2) is 96.4 Å². The van der Waals surface area contributed by atoms with Crippen LogP contribution in [0.5, 0.6) is 11.5 Å². The van der Waals surface area contributed by atoms with Crippen molar-refractivity contribution in [2.24, 2.45) is 0 Å². The molecule has 2 aromatic heterocycles. The number of methoxy groups -OCH3 is 2. The van der Waals surface area contributed by atoms with Gasteiger partial charge in [0.05, 0.1) is 40.1 Å². The van der Waals surface area contributed by atoms with Gasteiger partial charge in [-0.3, -0.25) is 37.7 Å². The summed E-state index contributed by atoms with van der Waals surface area (Å²) < 4.78 is 75.4. The Morgan fingerprint density at radius 3 is 1.72 bits per heavy atom. The Morgan fingerprint density at radius 1 is 0.709 bits per heavy atom. The van der Waals surface area contributed by atoms with E-state index in [1.54, 1.807) is 21.1 Å². The van der Waals surface area contributed by atoms with Crippen LogP contribution in [0.25, 0.3) is 0 Å². The summed E-state index contributed by atoms with van der Waals surface area (Å²) in [7, 11) is -5.46. The second-order valence-electron chi connectivity index (χ2n) is 21.1. The van der Waals surface area contributed by atoms with Gasteiger partial charge in [-0.15, -0.1) is 0 Å². The summed E-state index contributed by atoms with van der Waals surface area (Å²) in [6.07, 6.45) is -4.17. The monoisotopic (exact) mass is 1110 g/mol. The highest BCUT2D eigenvalue weighted by molar-refractivity contribution is 7.47. The number of hydrogen-bond acceptors (Lipinski definition) is 14. The molecule has 10 rings (SSSR count). The number of ether oxygens (including phenoxy) is 6. The Kier molecular flexibility index (Phi) is 15.5. The lowest BCUT2D eigenvalue weighted by Crippen LogP contribution is -2.68. The van der Waals surface area contributed by atoms with Crippen LogP contribution in [0.3, 0.4) is 0 Å². The molecule has 0 saturated carbocycles. The first-order chi connectivity index (χ1) is 37.8. The molecule has 3 aliphatic rings. The lowest BCUT2D eigenvalue weighted by atomic mass is 9.79. The minimum Gasteiger partial charge on any atom is -0.497 e. The van der Waals surface area contributed by atoms with Crippen LogP contribution in [0, 0.1) is 13.8 Å². The third-order valence-corrected chi connectivity index (χ3v) is 21.2. The first kappa shape index (κ1) is 55.5. The second kappa shape index (κ2) is 22.0. The second-order valence-corrected chi connectivity index (χ2v) is 26.7. The fourth-order valence-electron chi connectivity index (χ4n) is 11.2. The molecule has 7 aromatic rings. The fraction of sp³-hybridized carbons (Fsp3) is 0.345. The maximum Gasteiger partial charge on any atom is 0.472 e. The molecule has 3 fully saturated rings. The zero-order valence-electron chi connectivity index (χ0n) is 44.7. The molecule has 79 heavy (non-hydrogen) atoms. The highest BCUT2D eigenvalue weighted by Gasteiger charge is 2.66. The van der Waals surface area contributed by atoms with Gasteiger partial charge in [-0.05, 0) is 70.2 Å². The third kappa shape index (κ3) is 10.5. The average Bonchev–Trinajstić information content (AvgIpc) is 4.02. The van der Waals surface area contributed by atoms with Crippen molar-refractivity contribution in [1.29, 1.82) is 0 Å². The maximum absolute atomic E-state index is 14.9. The van der Waals surface area contributed by atoms with Crippen LogP contribution >= 0.6 is 7.82 Å². The summed E-state index contributed by atoms with van der Waals surface area (Å²) in [5, 5.41) is 1.39. The lowest BCUT2D eigenvalue weighted by Gasteiger charge is -2.45. The summed E-state index contributed by atoms with van der Waals surface area (Å²) in [5.74, 6) is 1.20. The van der Waals surface area contributed by atoms with Crippen LogP contribution in [0.2, 0.25) is 5.04 Å². The number of aromatic amines is 2. The van der Waals surface area contributed by atoms with Gasteiger partial charge in [-0.25, -0.2) is 14.2 Å². The average molecular weight is 1120 g/mol. The van der Waals surface area contributed by atoms with E-state index in [0.717, 1.165) is 14.9 Å². The van der Waals surface area contributed by atoms with Gasteiger partial charge in [0.1, 0.15) is 47.2 Å². The van der Waals surface area contributed by atoms with E-state index < -0.39 is 98.4 Å². The van der Waals surface area contributed by atoms with E-state index in [4.69, 9.17) is 41.9 Å². The Morgan fingerprint density at radius 2 is 1.20 bits per heavy atom. The molecule has 3 aliphatic heterocycles. The SMILES string of the molecule is COc1ccc(C(OC[C@@]23CO[C@@H]([C@H](n4cc(C)c(=O)[nH]c4=O)O2)[C@@H]3OP(=O)(O)OC[C@H]2O[C@@H](n3cc(C)c(=O)[nH]c3=O)C[C@@H]2O[Si](c2ccccc2)(c2ccccc2)C(C)(C)C)(c2ccccc2)c2ccc(OC)cc2)cc1. The molecular formula is C58H63N4O15PSi. The number of phosphoric acid groups is 1. The molecular weight excluding hydrogens is 1050 g/mol. The molecule has 3 saturated heterocycles. The molecule has 3 N–H and O–H groups in total. The van der Waals surface area contributed by atoms with Crippen LogP contribution in [0.4, 0.5) is 0 Å². The Hall–Kier alpha value is -6.81. The van der Waals surface area contributed by atoms with Crippen molar-refractivity contribution in [1.82, 2.24) is 19.1 Å². The van der Waals surface area contributed by atoms with E-state index in [2.05, 4.69) is 30.7 Å². The van der Waals surface area contributed by atoms with Gasteiger partial charge in [0.25, 0.3) is 19.4 Å². The molecule has 5 aromatic carbocycles. The Labute approximate surface area is 456 Å². The number of nitrogens with one attached hydrogen (secondary N) is 2. The van der Waals surface area contributed by atoms with Crippen molar-refractivity contribution in [2.45, 2.75) is 94.2 Å². The topological polar surface area (TPSA) is 230 Å². The van der Waals surface area contributed by atoms with Gasteiger partial charge >= 0.3 is 19.2 Å². The van der Waals surface area contributed by atoms with Crippen LogP contribution in [-0.2, 0) is 42.6 Å². The minimum absolute atomic E-state index is 0.0773. The zero-order valence-corrected chi connectivity index (χ0v) is 46.6. The highest BCUT2D eigenvalue weighted by Crippen LogP contribution is 2.56. The molecule has 414 valence electrons. The Balaban J connectivity index is 1.02. The number of aryl methyl sites for hydroxylation is 2. The lowest BCUT2D eigenvalue weighted by molar-refractivity contribution is -0.204. The molecule has 0 aliphatic carbocycles. The molecule has 0 spiro atoms. The Bertz CT molecular complexity index is 3490. The number of fused-ring (bicyclic) bond motifs is 2. The third-order valence-electron chi connectivity index (χ3n) is 15.1. The van der Waals surface area contributed by atoms with Gasteiger partial charge in [0.15, 0.2) is 6.23 Å². The van der Waals surface area contributed by atoms with E-state index in [9.17, 15) is 28.6 Å². The summed E-state index contributed by atoms with van der Waals surface area (Å²) >= 11 is 0. The number of hydrogen-bond donors (Lipinski definition) is 3. The minimum atomic E-state index is -5.25. The smallest absolute Gasteiger partial charge is 0.472 e. The summed E-state index contributed by atoms with van der Waals surface area (Å²) in [6, 6.07) is 44.0. The molecule has 0 radical (unpaired) electrons. The first-order valence-electron chi connectivity index (χ1n) is 25.8. The fourth-order valence-corrected chi connectivity index (χ4v) is 16.9.